The zero-order valence-corrected chi connectivity index (χ0v) is 20.6. The van der Waals surface area contributed by atoms with Crippen molar-refractivity contribution in [3.63, 3.8) is 0 Å². The molecule has 0 fully saturated rings. The number of hydrogen-bond acceptors (Lipinski definition) is 6. The monoisotopic (exact) mass is 479 g/mol. The highest BCUT2D eigenvalue weighted by molar-refractivity contribution is 5.96. The molecule has 0 bridgehead atoms. The van der Waals surface area contributed by atoms with Gasteiger partial charge in [-0.2, -0.15) is 5.26 Å². The lowest BCUT2D eigenvalue weighted by Crippen LogP contribution is -2.04. The molecule has 4 rings (SSSR count). The van der Waals surface area contributed by atoms with Gasteiger partial charge >= 0.3 is 0 Å². The van der Waals surface area contributed by atoms with Crippen molar-refractivity contribution in [2.24, 2.45) is 12.0 Å². The number of aromatic nitrogens is 2. The van der Waals surface area contributed by atoms with Gasteiger partial charge in [-0.15, -0.1) is 0 Å². The molecule has 0 amide bonds. The molecule has 0 unspecified atom stereocenters. The molecule has 1 atom stereocenters. The molecule has 1 heterocycles. The Kier molecular flexibility index (Phi) is 7.18. The molecule has 1 aromatic heterocycles. The van der Waals surface area contributed by atoms with Gasteiger partial charge in [0.25, 0.3) is 0 Å². The van der Waals surface area contributed by atoms with Gasteiger partial charge in [-0.05, 0) is 35.7 Å². The van der Waals surface area contributed by atoms with Gasteiger partial charge in [0, 0.05) is 35.8 Å². The highest BCUT2D eigenvalue weighted by Gasteiger charge is 2.23. The molecule has 0 aliphatic heterocycles. The molecule has 0 radical (unpaired) electrons. The summed E-state index contributed by atoms with van der Waals surface area (Å²) < 4.78 is 1.96. The van der Waals surface area contributed by atoms with E-state index in [9.17, 15) is 10.2 Å². The molecule has 0 saturated heterocycles. The second-order valence-corrected chi connectivity index (χ2v) is 8.96. The van der Waals surface area contributed by atoms with Crippen LogP contribution in [0.4, 0.5) is 5.69 Å². The molecular formula is C29H29N5O2. The van der Waals surface area contributed by atoms with Crippen molar-refractivity contribution < 1.29 is 10.2 Å². The maximum absolute atomic E-state index is 10.6. The molecule has 0 saturated carbocycles. The number of rotatable bonds is 7. The lowest BCUT2D eigenvalue weighted by molar-refractivity contribution is 0.187. The lowest BCUT2D eigenvalue weighted by atomic mass is 9.98. The number of anilines is 1. The number of aliphatic hydroxyl groups excluding tert-OH is 1. The maximum Gasteiger partial charge on any atom is 0.144 e. The van der Waals surface area contributed by atoms with Crippen LogP contribution in [0.25, 0.3) is 22.6 Å². The third-order valence-corrected chi connectivity index (χ3v) is 6.13. The molecule has 0 aliphatic rings. The maximum atomic E-state index is 10.6. The quantitative estimate of drug-likeness (QED) is 0.249. The van der Waals surface area contributed by atoms with Crippen LogP contribution in [0, 0.1) is 11.3 Å². The van der Waals surface area contributed by atoms with Crippen LogP contribution < -0.4 is 5.73 Å². The van der Waals surface area contributed by atoms with Gasteiger partial charge in [0.15, 0.2) is 0 Å². The highest BCUT2D eigenvalue weighted by Crippen LogP contribution is 2.38. The summed E-state index contributed by atoms with van der Waals surface area (Å²) in [6.07, 6.45) is 0.969. The van der Waals surface area contributed by atoms with E-state index in [1.54, 1.807) is 18.3 Å². The largest absolute Gasteiger partial charge is 0.507 e. The Morgan fingerprint density at radius 1 is 1.08 bits per heavy atom. The summed E-state index contributed by atoms with van der Waals surface area (Å²) in [6, 6.07) is 21.9. The number of aliphatic hydroxyl groups is 1. The predicted molar refractivity (Wildman–Crippen MR) is 143 cm³/mol. The van der Waals surface area contributed by atoms with Crippen LogP contribution in [0.15, 0.2) is 71.7 Å². The Hall–Kier alpha value is -4.41. The van der Waals surface area contributed by atoms with Crippen molar-refractivity contribution in [1.82, 2.24) is 9.55 Å². The molecule has 7 heteroatoms. The van der Waals surface area contributed by atoms with E-state index in [-0.39, 0.29) is 18.2 Å². The Morgan fingerprint density at radius 3 is 2.50 bits per heavy atom. The van der Waals surface area contributed by atoms with Gasteiger partial charge in [-0.1, -0.05) is 56.3 Å². The van der Waals surface area contributed by atoms with E-state index in [0.29, 0.717) is 28.2 Å². The Bertz CT molecular complexity index is 1450. The molecule has 0 spiro atoms. The Morgan fingerprint density at radius 2 is 1.83 bits per heavy atom. The van der Waals surface area contributed by atoms with Crippen LogP contribution >= 0.6 is 0 Å². The summed E-state index contributed by atoms with van der Waals surface area (Å²) in [5, 5.41) is 30.2. The molecule has 182 valence electrons. The second kappa shape index (κ2) is 10.5. The van der Waals surface area contributed by atoms with E-state index >= 15 is 0 Å². The minimum atomic E-state index is -0.720. The number of aromatic hydroxyl groups is 1. The van der Waals surface area contributed by atoms with Crippen LogP contribution in [0.3, 0.4) is 0 Å². The van der Waals surface area contributed by atoms with Crippen molar-refractivity contribution in [3.05, 3.63) is 89.1 Å². The summed E-state index contributed by atoms with van der Waals surface area (Å²) in [4.78, 5) is 9.43. The normalized spacial score (nSPS) is 12.2. The summed E-state index contributed by atoms with van der Waals surface area (Å²) in [6.45, 7) is 4.36. The minimum Gasteiger partial charge on any atom is -0.507 e. The molecule has 36 heavy (non-hydrogen) atoms. The van der Waals surface area contributed by atoms with Crippen LogP contribution in [0.1, 0.15) is 48.3 Å². The number of hydrogen-bond donors (Lipinski definition) is 3. The summed E-state index contributed by atoms with van der Waals surface area (Å²) in [5.41, 5.74) is 11.9. The first-order chi connectivity index (χ1) is 17.3. The first-order valence-electron chi connectivity index (χ1n) is 11.7. The van der Waals surface area contributed by atoms with Crippen molar-refractivity contribution in [3.8, 4) is 34.5 Å². The summed E-state index contributed by atoms with van der Waals surface area (Å²) in [5.74, 6) is 0.701. The van der Waals surface area contributed by atoms with Crippen molar-refractivity contribution in [2.75, 3.05) is 12.3 Å². The first-order valence-corrected chi connectivity index (χ1v) is 11.7. The lowest BCUT2D eigenvalue weighted by Gasteiger charge is -2.13. The van der Waals surface area contributed by atoms with Crippen LogP contribution in [0.5, 0.6) is 5.75 Å². The third kappa shape index (κ3) is 4.85. The summed E-state index contributed by atoms with van der Waals surface area (Å²) >= 11 is 0. The Labute approximate surface area is 210 Å². The average molecular weight is 480 g/mol. The van der Waals surface area contributed by atoms with Gasteiger partial charge < -0.3 is 20.5 Å². The fourth-order valence-corrected chi connectivity index (χ4v) is 4.36. The fraction of sp³-hybridized carbons (Fsp3) is 0.207. The van der Waals surface area contributed by atoms with E-state index in [1.165, 1.54) is 6.07 Å². The zero-order valence-electron chi connectivity index (χ0n) is 20.6. The van der Waals surface area contributed by atoms with Gasteiger partial charge in [-0.3, -0.25) is 4.99 Å². The number of nitriles is 1. The number of imidazole rings is 1. The molecule has 4 N–H and O–H groups in total. The Balaban J connectivity index is 1.77. The number of nitrogen functional groups attached to an aromatic ring is 1. The number of nitrogens with zero attached hydrogens (tertiary/aromatic N) is 4. The van der Waals surface area contributed by atoms with Crippen LogP contribution in [0.2, 0.25) is 0 Å². The van der Waals surface area contributed by atoms with E-state index in [2.05, 4.69) is 18.8 Å². The molecule has 7 nitrogen and oxygen atoms in total. The van der Waals surface area contributed by atoms with Gasteiger partial charge in [0.2, 0.25) is 0 Å². The molecule has 3 aromatic carbocycles. The van der Waals surface area contributed by atoms with Crippen molar-refractivity contribution >= 4 is 11.9 Å². The number of phenols is 1. The van der Waals surface area contributed by atoms with E-state index < -0.39 is 6.10 Å². The molecule has 4 aromatic rings. The van der Waals surface area contributed by atoms with E-state index in [0.717, 1.165) is 22.5 Å². The predicted octanol–water partition coefficient (Wildman–Crippen LogP) is 5.19. The summed E-state index contributed by atoms with van der Waals surface area (Å²) in [7, 11) is 1.91. The van der Waals surface area contributed by atoms with Gasteiger partial charge in [0.05, 0.1) is 35.5 Å². The number of aliphatic imine (C=N–C) groups is 1. The number of phenolic OH excluding ortho intramolecular Hbond substituents is 1. The number of nitrogens with two attached hydrogens (primary N) is 1. The smallest absolute Gasteiger partial charge is 0.144 e. The minimum absolute atomic E-state index is 0.00623. The first kappa shape index (κ1) is 24.7. The zero-order chi connectivity index (χ0) is 25.8. The topological polar surface area (TPSA) is 120 Å². The SMILES string of the molecule is CC(C)c1c(-c2cccc(N)c2C=NC[C@H](O)c2ccccc2)nc(-c2ccc(C#N)cc2O)n1C. The van der Waals surface area contributed by atoms with Crippen molar-refractivity contribution in [2.45, 2.75) is 25.9 Å². The van der Waals surface area contributed by atoms with Gasteiger partial charge in [-0.25, -0.2) is 4.98 Å². The molecule has 0 aliphatic carbocycles. The average Bonchev–Trinajstić information content (AvgIpc) is 3.22. The third-order valence-electron chi connectivity index (χ3n) is 6.13. The van der Waals surface area contributed by atoms with Crippen LogP contribution in [-0.2, 0) is 7.05 Å². The van der Waals surface area contributed by atoms with Crippen molar-refractivity contribution in [1.29, 1.82) is 5.26 Å². The number of benzene rings is 3. The fourth-order valence-electron chi connectivity index (χ4n) is 4.36. The van der Waals surface area contributed by atoms with Crippen LogP contribution in [-0.4, -0.2) is 32.5 Å². The molecular weight excluding hydrogens is 450 g/mol. The van der Waals surface area contributed by atoms with Gasteiger partial charge in [0.1, 0.15) is 11.6 Å². The highest BCUT2D eigenvalue weighted by atomic mass is 16.3. The van der Waals surface area contributed by atoms with E-state index in [4.69, 9.17) is 16.0 Å². The standard InChI is InChI=1S/C29H29N5O2/c1-18(2)28-27(33-29(34(28)3)22-13-12-19(15-30)14-25(22)35)21-10-7-11-24(31)23(21)16-32-17-26(36)20-8-5-4-6-9-20/h4-14,16,18,26,35-36H,17,31H2,1-3H3/t26-/m0/s1. The second-order valence-electron chi connectivity index (χ2n) is 8.96. The van der Waals surface area contributed by atoms with E-state index in [1.807, 2.05) is 66.2 Å².